The summed E-state index contributed by atoms with van der Waals surface area (Å²) in [4.78, 5) is 0.448. The van der Waals surface area contributed by atoms with E-state index in [1.807, 2.05) is 26.8 Å². The molecule has 0 aliphatic carbocycles. The van der Waals surface area contributed by atoms with Crippen LogP contribution in [-0.4, -0.2) is 20.7 Å². The van der Waals surface area contributed by atoms with Crippen molar-refractivity contribution in [3.8, 4) is 0 Å². The van der Waals surface area contributed by atoms with Crippen LogP contribution in [0.4, 0.5) is 0 Å². The van der Waals surface area contributed by atoms with Gasteiger partial charge in [-0.1, -0.05) is 6.07 Å². The summed E-state index contributed by atoms with van der Waals surface area (Å²) < 4.78 is 24.0. The Kier molecular flexibility index (Phi) is 4.10. The lowest BCUT2D eigenvalue weighted by molar-refractivity contribution is 0.593. The van der Waals surface area contributed by atoms with Crippen LogP contribution in [-0.2, 0) is 9.84 Å². The molecule has 0 amide bonds. The summed E-state index contributed by atoms with van der Waals surface area (Å²) in [5.41, 5.74) is 8.37. The van der Waals surface area contributed by atoms with Crippen LogP contribution in [0.1, 0.15) is 23.1 Å². The topological polar surface area (TPSA) is 60.2 Å². The first-order chi connectivity index (χ1) is 7.40. The van der Waals surface area contributed by atoms with Crippen molar-refractivity contribution in [2.45, 2.75) is 32.1 Å². The Labute approximate surface area is 97.6 Å². The Morgan fingerprint density at radius 3 is 2.31 bits per heavy atom. The van der Waals surface area contributed by atoms with Gasteiger partial charge < -0.3 is 5.73 Å². The van der Waals surface area contributed by atoms with Crippen molar-refractivity contribution in [3.63, 3.8) is 0 Å². The van der Waals surface area contributed by atoms with E-state index in [4.69, 9.17) is 5.73 Å². The third-order valence-electron chi connectivity index (χ3n) is 2.96. The number of rotatable bonds is 4. The number of sulfone groups is 1. The maximum absolute atomic E-state index is 12.0. The lowest BCUT2D eigenvalue weighted by Crippen LogP contribution is -2.13. The van der Waals surface area contributed by atoms with Gasteiger partial charge in [-0.25, -0.2) is 8.42 Å². The van der Waals surface area contributed by atoms with Gasteiger partial charge in [0, 0.05) is 0 Å². The molecule has 0 heterocycles. The maximum atomic E-state index is 12.0. The molecular weight excluding hydrogens is 222 g/mol. The van der Waals surface area contributed by atoms with E-state index in [1.165, 1.54) is 0 Å². The van der Waals surface area contributed by atoms with E-state index in [9.17, 15) is 8.42 Å². The van der Waals surface area contributed by atoms with Crippen molar-refractivity contribution in [2.75, 3.05) is 12.3 Å². The molecule has 2 N–H and O–H groups in total. The van der Waals surface area contributed by atoms with Crippen molar-refractivity contribution in [2.24, 2.45) is 5.73 Å². The molecular formula is C12H19NO2S. The number of aryl methyl sites for hydroxylation is 1. The van der Waals surface area contributed by atoms with Crippen LogP contribution in [0.25, 0.3) is 0 Å². The van der Waals surface area contributed by atoms with Crippen LogP contribution in [0, 0.1) is 20.8 Å². The van der Waals surface area contributed by atoms with Crippen LogP contribution in [0.3, 0.4) is 0 Å². The van der Waals surface area contributed by atoms with Gasteiger partial charge in [0.25, 0.3) is 0 Å². The molecule has 0 bridgehead atoms. The quantitative estimate of drug-likeness (QED) is 0.873. The molecule has 1 aromatic carbocycles. The molecule has 4 heteroatoms. The van der Waals surface area contributed by atoms with Crippen molar-refractivity contribution < 1.29 is 8.42 Å². The molecule has 0 saturated heterocycles. The van der Waals surface area contributed by atoms with E-state index in [1.54, 1.807) is 6.07 Å². The van der Waals surface area contributed by atoms with Gasteiger partial charge in [-0.05, 0) is 56.5 Å². The summed E-state index contributed by atoms with van der Waals surface area (Å²) in [5.74, 6) is 0.132. The third kappa shape index (κ3) is 2.62. The molecule has 0 unspecified atom stereocenters. The SMILES string of the molecule is Cc1ccc(S(=O)(=O)CCCN)c(C)c1C. The average Bonchev–Trinajstić information content (AvgIpc) is 2.23. The lowest BCUT2D eigenvalue weighted by Gasteiger charge is -2.11. The van der Waals surface area contributed by atoms with E-state index < -0.39 is 9.84 Å². The molecule has 16 heavy (non-hydrogen) atoms. The van der Waals surface area contributed by atoms with E-state index in [0.29, 0.717) is 17.9 Å². The fourth-order valence-corrected chi connectivity index (χ4v) is 3.31. The predicted molar refractivity (Wildman–Crippen MR) is 66.4 cm³/mol. The first kappa shape index (κ1) is 13.2. The summed E-state index contributed by atoms with van der Waals surface area (Å²) in [7, 11) is -3.17. The van der Waals surface area contributed by atoms with Crippen molar-refractivity contribution in [1.29, 1.82) is 0 Å². The minimum absolute atomic E-state index is 0.132. The van der Waals surface area contributed by atoms with Crippen molar-refractivity contribution in [3.05, 3.63) is 28.8 Å². The van der Waals surface area contributed by atoms with Crippen LogP contribution < -0.4 is 5.73 Å². The first-order valence-corrected chi connectivity index (χ1v) is 7.05. The second kappa shape index (κ2) is 4.97. The second-order valence-electron chi connectivity index (χ2n) is 4.09. The van der Waals surface area contributed by atoms with Gasteiger partial charge in [-0.2, -0.15) is 0 Å². The number of nitrogens with two attached hydrogens (primary N) is 1. The highest BCUT2D eigenvalue weighted by Gasteiger charge is 2.17. The predicted octanol–water partition coefficient (Wildman–Crippen LogP) is 1.73. The van der Waals surface area contributed by atoms with Crippen molar-refractivity contribution in [1.82, 2.24) is 0 Å². The van der Waals surface area contributed by atoms with Crippen LogP contribution >= 0.6 is 0 Å². The van der Waals surface area contributed by atoms with Gasteiger partial charge in [-0.15, -0.1) is 0 Å². The molecule has 0 fully saturated rings. The number of hydrogen-bond donors (Lipinski definition) is 1. The first-order valence-electron chi connectivity index (χ1n) is 5.40. The van der Waals surface area contributed by atoms with E-state index >= 15 is 0 Å². The average molecular weight is 241 g/mol. The molecule has 0 aliphatic heterocycles. The van der Waals surface area contributed by atoms with Gasteiger partial charge in [0.15, 0.2) is 9.84 Å². The molecule has 0 aromatic heterocycles. The minimum atomic E-state index is -3.17. The largest absolute Gasteiger partial charge is 0.330 e. The van der Waals surface area contributed by atoms with Crippen LogP contribution in [0.5, 0.6) is 0 Å². The Bertz CT molecular complexity index is 478. The van der Waals surface area contributed by atoms with E-state index in [-0.39, 0.29) is 5.75 Å². The molecule has 90 valence electrons. The molecule has 1 rings (SSSR count). The molecule has 1 aromatic rings. The number of benzene rings is 1. The summed E-state index contributed by atoms with van der Waals surface area (Å²) in [6.07, 6.45) is 0.509. The summed E-state index contributed by atoms with van der Waals surface area (Å²) in [5, 5.41) is 0. The molecule has 3 nitrogen and oxygen atoms in total. The Morgan fingerprint density at radius 2 is 1.75 bits per heavy atom. The Hall–Kier alpha value is -0.870. The highest BCUT2D eigenvalue weighted by molar-refractivity contribution is 7.91. The molecule has 0 radical (unpaired) electrons. The second-order valence-corrected chi connectivity index (χ2v) is 6.17. The molecule has 0 aliphatic rings. The monoisotopic (exact) mass is 241 g/mol. The van der Waals surface area contributed by atoms with E-state index in [0.717, 1.165) is 16.7 Å². The normalized spacial score (nSPS) is 11.8. The van der Waals surface area contributed by atoms with Gasteiger partial charge in [0.05, 0.1) is 10.6 Å². The zero-order chi connectivity index (χ0) is 12.3. The van der Waals surface area contributed by atoms with Crippen LogP contribution in [0.15, 0.2) is 17.0 Å². The Balaban J connectivity index is 3.19. The van der Waals surface area contributed by atoms with Gasteiger partial charge in [-0.3, -0.25) is 0 Å². The fourth-order valence-electron chi connectivity index (χ4n) is 1.65. The molecule has 0 saturated carbocycles. The minimum Gasteiger partial charge on any atom is -0.330 e. The highest BCUT2D eigenvalue weighted by atomic mass is 32.2. The summed E-state index contributed by atoms with van der Waals surface area (Å²) in [6, 6.07) is 3.56. The fraction of sp³-hybridized carbons (Fsp3) is 0.500. The van der Waals surface area contributed by atoms with Crippen molar-refractivity contribution >= 4 is 9.84 Å². The third-order valence-corrected chi connectivity index (χ3v) is 4.90. The lowest BCUT2D eigenvalue weighted by atomic mass is 10.1. The summed E-state index contributed by atoms with van der Waals surface area (Å²) >= 11 is 0. The maximum Gasteiger partial charge on any atom is 0.178 e. The summed E-state index contributed by atoms with van der Waals surface area (Å²) in [6.45, 7) is 6.20. The Morgan fingerprint density at radius 1 is 1.12 bits per heavy atom. The van der Waals surface area contributed by atoms with Gasteiger partial charge in [0.1, 0.15) is 0 Å². The zero-order valence-corrected chi connectivity index (χ0v) is 10.9. The van der Waals surface area contributed by atoms with Crippen LogP contribution in [0.2, 0.25) is 0 Å². The molecule has 0 atom stereocenters. The molecule has 0 spiro atoms. The number of hydrogen-bond acceptors (Lipinski definition) is 3. The smallest absolute Gasteiger partial charge is 0.178 e. The standard InChI is InChI=1S/C12H19NO2S/c1-9-5-6-12(11(3)10(9)2)16(14,15)8-4-7-13/h5-6H,4,7-8,13H2,1-3H3. The highest BCUT2D eigenvalue weighted by Crippen LogP contribution is 2.22. The zero-order valence-electron chi connectivity index (χ0n) is 10.1. The van der Waals surface area contributed by atoms with Gasteiger partial charge in [0.2, 0.25) is 0 Å². The van der Waals surface area contributed by atoms with Gasteiger partial charge >= 0.3 is 0 Å². The van der Waals surface area contributed by atoms with E-state index in [2.05, 4.69) is 0 Å².